The van der Waals surface area contributed by atoms with Crippen LogP contribution in [-0.2, 0) is 11.2 Å². The van der Waals surface area contributed by atoms with Crippen LogP contribution in [0.5, 0.6) is 0 Å². The molecule has 0 saturated heterocycles. The normalized spacial score (nSPS) is 13.4. The van der Waals surface area contributed by atoms with E-state index in [0.29, 0.717) is 30.6 Å². The van der Waals surface area contributed by atoms with Crippen LogP contribution in [-0.4, -0.2) is 25.5 Å². The van der Waals surface area contributed by atoms with E-state index in [4.69, 9.17) is 4.74 Å². The highest BCUT2D eigenvalue weighted by molar-refractivity contribution is 6.07. The number of nitrogens with zero attached hydrogens (tertiary/aromatic N) is 1. The topological polar surface area (TPSA) is 46.6 Å². The highest BCUT2D eigenvalue weighted by Gasteiger charge is 2.27. The van der Waals surface area contributed by atoms with Crippen LogP contribution in [0.15, 0.2) is 36.4 Å². The maximum absolute atomic E-state index is 13.4. The first-order valence-corrected chi connectivity index (χ1v) is 7.50. The number of benzene rings is 2. The highest BCUT2D eigenvalue weighted by atomic mass is 19.2. The Morgan fingerprint density at radius 1 is 1.12 bits per heavy atom. The van der Waals surface area contributed by atoms with E-state index in [-0.39, 0.29) is 5.56 Å². The van der Waals surface area contributed by atoms with Gasteiger partial charge in [-0.2, -0.15) is 0 Å². The molecule has 0 fully saturated rings. The number of anilines is 1. The summed E-state index contributed by atoms with van der Waals surface area (Å²) in [4.78, 5) is 26.1. The number of carbonyl (C=O) groups is 2. The summed E-state index contributed by atoms with van der Waals surface area (Å²) in [7, 11) is 1.30. The highest BCUT2D eigenvalue weighted by Crippen LogP contribution is 2.31. The van der Waals surface area contributed by atoms with E-state index >= 15 is 0 Å². The fraction of sp³-hybridized carbons (Fsp3) is 0.222. The van der Waals surface area contributed by atoms with Crippen molar-refractivity contribution in [2.75, 3.05) is 18.6 Å². The zero-order valence-electron chi connectivity index (χ0n) is 13.0. The summed E-state index contributed by atoms with van der Waals surface area (Å²) in [5, 5.41) is 0. The molecule has 2 aromatic carbocycles. The van der Waals surface area contributed by atoms with Crippen molar-refractivity contribution in [3.63, 3.8) is 0 Å². The molecule has 0 N–H and O–H groups in total. The molecule has 1 aliphatic heterocycles. The van der Waals surface area contributed by atoms with Crippen LogP contribution < -0.4 is 4.90 Å². The van der Waals surface area contributed by atoms with Crippen molar-refractivity contribution >= 4 is 17.6 Å². The maximum Gasteiger partial charge on any atom is 0.338 e. The molecule has 24 heavy (non-hydrogen) atoms. The molecule has 0 spiro atoms. The van der Waals surface area contributed by atoms with Gasteiger partial charge in [0.1, 0.15) is 0 Å². The van der Waals surface area contributed by atoms with Gasteiger partial charge in [0.2, 0.25) is 0 Å². The van der Waals surface area contributed by atoms with E-state index in [1.165, 1.54) is 18.1 Å². The third-order valence-electron chi connectivity index (χ3n) is 4.07. The number of fused-ring (bicyclic) bond motifs is 1. The van der Waals surface area contributed by atoms with Gasteiger partial charge in [-0.05, 0) is 48.7 Å². The second-order valence-corrected chi connectivity index (χ2v) is 5.48. The van der Waals surface area contributed by atoms with Gasteiger partial charge >= 0.3 is 5.97 Å². The Balaban J connectivity index is 2.01. The number of halogens is 2. The smallest absolute Gasteiger partial charge is 0.338 e. The zero-order chi connectivity index (χ0) is 17.3. The van der Waals surface area contributed by atoms with Crippen molar-refractivity contribution in [2.24, 2.45) is 0 Å². The van der Waals surface area contributed by atoms with Gasteiger partial charge in [-0.3, -0.25) is 4.79 Å². The van der Waals surface area contributed by atoms with Crippen molar-refractivity contribution in [2.45, 2.75) is 12.8 Å². The molecule has 124 valence electrons. The SMILES string of the molecule is COC(=O)c1cccc2c1CCCN2C(=O)c1ccc(F)c(F)c1. The lowest BCUT2D eigenvalue weighted by Gasteiger charge is -2.30. The van der Waals surface area contributed by atoms with Gasteiger partial charge in [-0.15, -0.1) is 0 Å². The predicted molar refractivity (Wildman–Crippen MR) is 84.1 cm³/mol. The summed E-state index contributed by atoms with van der Waals surface area (Å²) >= 11 is 0. The Hall–Kier alpha value is -2.76. The number of hydrogen-bond acceptors (Lipinski definition) is 3. The molecule has 1 heterocycles. The summed E-state index contributed by atoms with van der Waals surface area (Å²) in [6, 6.07) is 8.12. The third kappa shape index (κ3) is 2.75. The van der Waals surface area contributed by atoms with Crippen molar-refractivity contribution in [3.8, 4) is 0 Å². The molecule has 0 unspecified atom stereocenters. The molecule has 2 aromatic rings. The molecule has 0 radical (unpaired) electrons. The lowest BCUT2D eigenvalue weighted by Crippen LogP contribution is -2.36. The Morgan fingerprint density at radius 2 is 1.92 bits per heavy atom. The van der Waals surface area contributed by atoms with Crippen LogP contribution >= 0.6 is 0 Å². The van der Waals surface area contributed by atoms with E-state index in [0.717, 1.165) is 17.7 Å². The summed E-state index contributed by atoms with van der Waals surface area (Å²) in [6.45, 7) is 0.440. The fourth-order valence-electron chi connectivity index (χ4n) is 2.92. The molecule has 0 saturated carbocycles. The minimum absolute atomic E-state index is 0.0604. The molecule has 3 rings (SSSR count). The number of amides is 1. The van der Waals surface area contributed by atoms with E-state index in [9.17, 15) is 18.4 Å². The van der Waals surface area contributed by atoms with Gasteiger partial charge in [0.25, 0.3) is 5.91 Å². The molecule has 0 atom stereocenters. The van der Waals surface area contributed by atoms with Gasteiger partial charge in [-0.25, -0.2) is 13.6 Å². The lowest BCUT2D eigenvalue weighted by molar-refractivity contribution is 0.0599. The lowest BCUT2D eigenvalue weighted by atomic mass is 9.95. The molecule has 1 amide bonds. The van der Waals surface area contributed by atoms with Crippen molar-refractivity contribution < 1.29 is 23.1 Å². The number of methoxy groups -OCH3 is 1. The van der Waals surface area contributed by atoms with Crippen LogP contribution in [0.1, 0.15) is 32.7 Å². The first kappa shape index (κ1) is 16.1. The monoisotopic (exact) mass is 331 g/mol. The average Bonchev–Trinajstić information content (AvgIpc) is 2.61. The zero-order valence-corrected chi connectivity index (χ0v) is 13.0. The standard InChI is InChI=1S/C18H15F2NO3/c1-24-18(23)13-4-2-6-16-12(13)5-3-9-21(16)17(22)11-7-8-14(19)15(20)10-11/h2,4,6-8,10H,3,5,9H2,1H3. The second-order valence-electron chi connectivity index (χ2n) is 5.48. The number of ether oxygens (including phenoxy) is 1. The maximum atomic E-state index is 13.4. The molecule has 1 aliphatic rings. The second kappa shape index (κ2) is 6.39. The Kier molecular flexibility index (Phi) is 4.29. The van der Waals surface area contributed by atoms with E-state index in [1.54, 1.807) is 18.2 Å². The third-order valence-corrected chi connectivity index (χ3v) is 4.07. The van der Waals surface area contributed by atoms with Gasteiger partial charge < -0.3 is 9.64 Å². The molecule has 4 nitrogen and oxygen atoms in total. The number of carbonyl (C=O) groups excluding carboxylic acids is 2. The average molecular weight is 331 g/mol. The number of esters is 1. The summed E-state index contributed by atoms with van der Waals surface area (Å²) in [5.74, 6) is -2.97. The molecular formula is C18H15F2NO3. The van der Waals surface area contributed by atoms with Crippen LogP contribution in [0.3, 0.4) is 0 Å². The quantitative estimate of drug-likeness (QED) is 0.793. The molecule has 6 heteroatoms. The summed E-state index contributed by atoms with van der Waals surface area (Å²) in [6.07, 6.45) is 1.30. The van der Waals surface area contributed by atoms with Crippen LogP contribution in [0.4, 0.5) is 14.5 Å². The fourth-order valence-corrected chi connectivity index (χ4v) is 2.92. The van der Waals surface area contributed by atoms with Crippen LogP contribution in [0.25, 0.3) is 0 Å². The Labute approximate surface area is 137 Å². The first-order chi connectivity index (χ1) is 11.5. The van der Waals surface area contributed by atoms with Crippen molar-refractivity contribution in [1.82, 2.24) is 0 Å². The molecule has 0 aromatic heterocycles. The Bertz CT molecular complexity index is 820. The minimum atomic E-state index is -1.07. The van der Waals surface area contributed by atoms with Gasteiger partial charge in [-0.1, -0.05) is 6.07 Å². The molecular weight excluding hydrogens is 316 g/mol. The van der Waals surface area contributed by atoms with Gasteiger partial charge in [0.15, 0.2) is 11.6 Å². The van der Waals surface area contributed by atoms with Crippen LogP contribution in [0, 0.1) is 11.6 Å². The molecule has 0 aliphatic carbocycles. The Morgan fingerprint density at radius 3 is 2.62 bits per heavy atom. The van der Waals surface area contributed by atoms with E-state index < -0.39 is 23.5 Å². The minimum Gasteiger partial charge on any atom is -0.465 e. The summed E-state index contributed by atoms with van der Waals surface area (Å²) in [5.41, 5.74) is 1.80. The van der Waals surface area contributed by atoms with Gasteiger partial charge in [0, 0.05) is 17.8 Å². The molecule has 0 bridgehead atoms. The van der Waals surface area contributed by atoms with Crippen molar-refractivity contribution in [3.05, 3.63) is 64.7 Å². The first-order valence-electron chi connectivity index (χ1n) is 7.50. The number of rotatable bonds is 2. The van der Waals surface area contributed by atoms with E-state index in [2.05, 4.69) is 0 Å². The predicted octanol–water partition coefficient (Wildman–Crippen LogP) is 3.34. The van der Waals surface area contributed by atoms with Gasteiger partial charge in [0.05, 0.1) is 12.7 Å². The largest absolute Gasteiger partial charge is 0.465 e. The van der Waals surface area contributed by atoms with E-state index in [1.807, 2.05) is 0 Å². The van der Waals surface area contributed by atoms with Crippen LogP contribution in [0.2, 0.25) is 0 Å². The van der Waals surface area contributed by atoms with Crippen molar-refractivity contribution in [1.29, 1.82) is 0 Å². The number of hydrogen-bond donors (Lipinski definition) is 0. The summed E-state index contributed by atoms with van der Waals surface area (Å²) < 4.78 is 31.3.